The lowest BCUT2D eigenvalue weighted by molar-refractivity contribution is 0.353. The first-order chi connectivity index (χ1) is 10.9. The average molecular weight is 336 g/mol. The van der Waals surface area contributed by atoms with Crippen molar-refractivity contribution in [3.63, 3.8) is 0 Å². The Hall–Kier alpha value is -2.79. The summed E-state index contributed by atoms with van der Waals surface area (Å²) < 4.78 is 50.7. The van der Waals surface area contributed by atoms with Crippen LogP contribution >= 0.6 is 0 Å². The molecule has 0 atom stereocenters. The standard InChI is InChI=1S/C15H13FN2O4S/c1-21-14-7-12(16)13(8-15(14)22-2)18-23(19,20)11-5-3-10(9-17)4-6-11/h3-8,18H,1-2H3. The first-order valence-electron chi connectivity index (χ1n) is 6.35. The molecule has 0 bridgehead atoms. The summed E-state index contributed by atoms with van der Waals surface area (Å²) in [6.07, 6.45) is 0. The predicted molar refractivity (Wildman–Crippen MR) is 81.5 cm³/mol. The molecule has 6 nitrogen and oxygen atoms in total. The highest BCUT2D eigenvalue weighted by molar-refractivity contribution is 7.92. The number of nitrogens with zero attached hydrogens (tertiary/aromatic N) is 1. The molecule has 0 aliphatic carbocycles. The lowest BCUT2D eigenvalue weighted by Gasteiger charge is -2.13. The average Bonchev–Trinajstić information content (AvgIpc) is 2.56. The summed E-state index contributed by atoms with van der Waals surface area (Å²) in [5.74, 6) is -0.474. The van der Waals surface area contributed by atoms with Crippen molar-refractivity contribution in [1.29, 1.82) is 5.26 Å². The topological polar surface area (TPSA) is 88.4 Å². The number of anilines is 1. The number of sulfonamides is 1. The highest BCUT2D eigenvalue weighted by Gasteiger charge is 2.19. The third kappa shape index (κ3) is 3.52. The number of hydrogen-bond acceptors (Lipinski definition) is 5. The van der Waals surface area contributed by atoms with E-state index in [-0.39, 0.29) is 22.1 Å². The van der Waals surface area contributed by atoms with Crippen LogP contribution in [0.5, 0.6) is 11.5 Å². The summed E-state index contributed by atoms with van der Waals surface area (Å²) in [6.45, 7) is 0. The maximum atomic E-state index is 14.0. The van der Waals surface area contributed by atoms with Gasteiger partial charge in [-0.05, 0) is 24.3 Å². The van der Waals surface area contributed by atoms with E-state index in [1.807, 2.05) is 6.07 Å². The molecule has 2 aromatic carbocycles. The van der Waals surface area contributed by atoms with E-state index in [0.29, 0.717) is 5.56 Å². The van der Waals surface area contributed by atoms with Gasteiger partial charge in [-0.25, -0.2) is 12.8 Å². The quantitative estimate of drug-likeness (QED) is 0.906. The Kier molecular flexibility index (Phi) is 4.71. The molecular weight excluding hydrogens is 323 g/mol. The second-order valence-corrected chi connectivity index (χ2v) is 6.11. The molecule has 0 aliphatic rings. The van der Waals surface area contributed by atoms with E-state index >= 15 is 0 Å². The maximum Gasteiger partial charge on any atom is 0.261 e. The highest BCUT2D eigenvalue weighted by Crippen LogP contribution is 2.33. The first kappa shape index (κ1) is 16.6. The molecule has 0 unspecified atom stereocenters. The van der Waals surface area contributed by atoms with Crippen molar-refractivity contribution in [2.45, 2.75) is 4.90 Å². The molecular formula is C15H13FN2O4S. The number of hydrogen-bond donors (Lipinski definition) is 1. The fraction of sp³-hybridized carbons (Fsp3) is 0.133. The molecule has 0 radical (unpaired) electrons. The Balaban J connectivity index is 2.38. The Morgan fingerprint density at radius 3 is 2.17 bits per heavy atom. The Labute approximate surface area is 133 Å². The van der Waals surface area contributed by atoms with E-state index in [0.717, 1.165) is 6.07 Å². The number of ether oxygens (including phenoxy) is 2. The molecule has 23 heavy (non-hydrogen) atoms. The zero-order valence-electron chi connectivity index (χ0n) is 12.3. The molecule has 0 spiro atoms. The number of rotatable bonds is 5. The molecule has 0 fully saturated rings. The van der Waals surface area contributed by atoms with Gasteiger partial charge in [0.2, 0.25) is 0 Å². The van der Waals surface area contributed by atoms with Gasteiger partial charge in [0.15, 0.2) is 17.3 Å². The van der Waals surface area contributed by atoms with Crippen molar-refractivity contribution >= 4 is 15.7 Å². The van der Waals surface area contributed by atoms with Crippen LogP contribution in [0.15, 0.2) is 41.3 Å². The largest absolute Gasteiger partial charge is 0.493 e. The highest BCUT2D eigenvalue weighted by atomic mass is 32.2. The van der Waals surface area contributed by atoms with Crippen molar-refractivity contribution in [2.24, 2.45) is 0 Å². The SMILES string of the molecule is COc1cc(F)c(NS(=O)(=O)c2ccc(C#N)cc2)cc1OC. The molecule has 0 amide bonds. The molecule has 0 heterocycles. The van der Waals surface area contributed by atoms with Crippen molar-refractivity contribution in [3.05, 3.63) is 47.8 Å². The summed E-state index contributed by atoms with van der Waals surface area (Å²) in [6, 6.07) is 9.35. The minimum absolute atomic E-state index is 0.0920. The van der Waals surface area contributed by atoms with Gasteiger partial charge in [-0.15, -0.1) is 0 Å². The van der Waals surface area contributed by atoms with Gasteiger partial charge in [0.1, 0.15) is 0 Å². The Bertz CT molecular complexity index is 858. The summed E-state index contributed by atoms with van der Waals surface area (Å²) in [5.41, 5.74) is 0.0493. The monoisotopic (exact) mass is 336 g/mol. The molecule has 8 heteroatoms. The minimum Gasteiger partial charge on any atom is -0.493 e. The van der Waals surface area contributed by atoms with Crippen LogP contribution in [0.25, 0.3) is 0 Å². The predicted octanol–water partition coefficient (Wildman–Crippen LogP) is 2.52. The van der Waals surface area contributed by atoms with Crippen LogP contribution in [0.1, 0.15) is 5.56 Å². The van der Waals surface area contributed by atoms with Crippen molar-refractivity contribution in [3.8, 4) is 17.6 Å². The first-order valence-corrected chi connectivity index (χ1v) is 7.84. The van der Waals surface area contributed by atoms with Crippen LogP contribution in [0.4, 0.5) is 10.1 Å². The summed E-state index contributed by atoms with van der Waals surface area (Å²) in [7, 11) is -1.30. The second-order valence-electron chi connectivity index (χ2n) is 4.43. The fourth-order valence-electron chi connectivity index (χ4n) is 1.84. The van der Waals surface area contributed by atoms with Crippen LogP contribution in [0.3, 0.4) is 0 Å². The van der Waals surface area contributed by atoms with Crippen LogP contribution in [0, 0.1) is 17.1 Å². The summed E-state index contributed by atoms with van der Waals surface area (Å²) in [5, 5.41) is 8.72. The Morgan fingerprint density at radius 2 is 1.65 bits per heavy atom. The zero-order chi connectivity index (χ0) is 17.0. The third-order valence-corrected chi connectivity index (χ3v) is 4.39. The molecule has 0 aromatic heterocycles. The van der Waals surface area contributed by atoms with Crippen LogP contribution in [-0.4, -0.2) is 22.6 Å². The number of methoxy groups -OCH3 is 2. The lowest BCUT2D eigenvalue weighted by atomic mass is 10.2. The summed E-state index contributed by atoms with van der Waals surface area (Å²) in [4.78, 5) is -0.0920. The molecule has 120 valence electrons. The maximum absolute atomic E-state index is 14.0. The molecule has 2 rings (SSSR count). The van der Waals surface area contributed by atoms with Gasteiger partial charge < -0.3 is 9.47 Å². The molecule has 2 aromatic rings. The van der Waals surface area contributed by atoms with E-state index < -0.39 is 15.8 Å². The smallest absolute Gasteiger partial charge is 0.261 e. The summed E-state index contributed by atoms with van der Waals surface area (Å²) >= 11 is 0. The second kappa shape index (κ2) is 6.54. The van der Waals surface area contributed by atoms with Gasteiger partial charge in [-0.1, -0.05) is 0 Å². The normalized spacial score (nSPS) is 10.7. The lowest BCUT2D eigenvalue weighted by Crippen LogP contribution is -2.14. The van der Waals surface area contributed by atoms with E-state index in [4.69, 9.17) is 14.7 Å². The van der Waals surface area contributed by atoms with Gasteiger partial charge in [0.05, 0.1) is 36.4 Å². The zero-order valence-corrected chi connectivity index (χ0v) is 13.1. The molecule has 0 aliphatic heterocycles. The van der Waals surface area contributed by atoms with Crippen molar-refractivity contribution in [2.75, 3.05) is 18.9 Å². The number of nitriles is 1. The van der Waals surface area contributed by atoms with Gasteiger partial charge in [0.25, 0.3) is 10.0 Å². The van der Waals surface area contributed by atoms with E-state index in [9.17, 15) is 12.8 Å². The number of nitrogens with one attached hydrogen (secondary N) is 1. The van der Waals surface area contributed by atoms with E-state index in [1.54, 1.807) is 0 Å². The molecule has 0 saturated heterocycles. The van der Waals surface area contributed by atoms with Crippen molar-refractivity contribution in [1.82, 2.24) is 0 Å². The van der Waals surface area contributed by atoms with Crippen LogP contribution in [0.2, 0.25) is 0 Å². The van der Waals surface area contributed by atoms with Gasteiger partial charge in [0, 0.05) is 12.1 Å². The van der Waals surface area contributed by atoms with Crippen LogP contribution in [-0.2, 0) is 10.0 Å². The third-order valence-electron chi connectivity index (χ3n) is 3.01. The number of halogens is 1. The minimum atomic E-state index is -4.00. The van der Waals surface area contributed by atoms with Crippen molar-refractivity contribution < 1.29 is 22.3 Å². The van der Waals surface area contributed by atoms with Crippen LogP contribution < -0.4 is 14.2 Å². The molecule has 1 N–H and O–H groups in total. The van der Waals surface area contributed by atoms with Gasteiger partial charge >= 0.3 is 0 Å². The van der Waals surface area contributed by atoms with Gasteiger partial charge in [-0.3, -0.25) is 4.72 Å². The van der Waals surface area contributed by atoms with Gasteiger partial charge in [-0.2, -0.15) is 5.26 Å². The fourth-order valence-corrected chi connectivity index (χ4v) is 2.90. The Morgan fingerprint density at radius 1 is 1.09 bits per heavy atom. The number of benzene rings is 2. The van der Waals surface area contributed by atoms with E-state index in [2.05, 4.69) is 4.72 Å². The molecule has 0 saturated carbocycles. The van der Waals surface area contributed by atoms with E-state index in [1.165, 1.54) is 44.6 Å².